The molecule has 1 aromatic carbocycles. The molecule has 6 heteroatoms. The summed E-state index contributed by atoms with van der Waals surface area (Å²) in [5, 5.41) is 12.2. The van der Waals surface area contributed by atoms with Gasteiger partial charge < -0.3 is 4.74 Å². The van der Waals surface area contributed by atoms with Crippen molar-refractivity contribution in [3.05, 3.63) is 29.8 Å². The topological polar surface area (TPSA) is 52.8 Å². The lowest BCUT2D eigenvalue weighted by atomic mass is 10.1. The first-order chi connectivity index (χ1) is 8.33. The summed E-state index contributed by atoms with van der Waals surface area (Å²) in [6, 6.07) is 8.18. The predicted octanol–water partition coefficient (Wildman–Crippen LogP) is 1.31. The van der Waals surface area contributed by atoms with Crippen molar-refractivity contribution >= 4 is 11.8 Å². The molecule has 0 radical (unpaired) electrons. The lowest BCUT2D eigenvalue weighted by molar-refractivity contribution is 0.259. The van der Waals surface area contributed by atoms with Gasteiger partial charge in [0.1, 0.15) is 11.9 Å². The monoisotopic (exact) mass is 248 g/mol. The number of fused-ring (bicyclic) bond motifs is 1. The first-order valence-corrected chi connectivity index (χ1v) is 6.41. The number of thioether (sulfide) groups is 1. The van der Waals surface area contributed by atoms with Gasteiger partial charge >= 0.3 is 0 Å². The van der Waals surface area contributed by atoms with Crippen molar-refractivity contribution in [2.24, 2.45) is 7.05 Å². The molecule has 0 aliphatic carbocycles. The van der Waals surface area contributed by atoms with Crippen LogP contribution in [0.25, 0.3) is 0 Å². The van der Waals surface area contributed by atoms with Crippen molar-refractivity contribution in [1.82, 2.24) is 20.2 Å². The molecule has 1 aliphatic rings. The summed E-state index contributed by atoms with van der Waals surface area (Å²) in [6.45, 7) is 0. The SMILES string of the molecule is Cn1nnnc1SCC1Cc2ccccc2O1. The molecule has 88 valence electrons. The summed E-state index contributed by atoms with van der Waals surface area (Å²) in [7, 11) is 1.84. The Bertz CT molecular complexity index is 503. The molecule has 3 rings (SSSR count). The zero-order valence-electron chi connectivity index (χ0n) is 9.41. The highest BCUT2D eigenvalue weighted by Crippen LogP contribution is 2.30. The van der Waals surface area contributed by atoms with Gasteiger partial charge in [-0.3, -0.25) is 0 Å². The Morgan fingerprint density at radius 1 is 1.47 bits per heavy atom. The van der Waals surface area contributed by atoms with Crippen LogP contribution in [0.1, 0.15) is 5.56 Å². The fourth-order valence-corrected chi connectivity index (χ4v) is 2.70. The van der Waals surface area contributed by atoms with Crippen LogP contribution in [0.15, 0.2) is 29.4 Å². The van der Waals surface area contributed by atoms with Crippen LogP contribution in [-0.4, -0.2) is 32.1 Å². The number of ether oxygens (including phenoxy) is 1. The maximum Gasteiger partial charge on any atom is 0.209 e. The standard InChI is InChI=1S/C11H12N4OS/c1-15-11(12-13-14-15)17-7-9-6-8-4-2-3-5-10(8)16-9/h2-5,9H,6-7H2,1H3. The Balaban J connectivity index is 1.61. The van der Waals surface area contributed by atoms with Crippen molar-refractivity contribution in [1.29, 1.82) is 0 Å². The molecular formula is C11H12N4OS. The highest BCUT2D eigenvalue weighted by atomic mass is 32.2. The summed E-state index contributed by atoms with van der Waals surface area (Å²) in [5.41, 5.74) is 1.29. The van der Waals surface area contributed by atoms with Gasteiger partial charge in [-0.25, -0.2) is 4.68 Å². The van der Waals surface area contributed by atoms with E-state index in [9.17, 15) is 0 Å². The van der Waals surface area contributed by atoms with Gasteiger partial charge in [-0.05, 0) is 22.1 Å². The van der Waals surface area contributed by atoms with Gasteiger partial charge in [-0.15, -0.1) is 5.10 Å². The Hall–Kier alpha value is -1.56. The average molecular weight is 248 g/mol. The quantitative estimate of drug-likeness (QED) is 0.766. The summed E-state index contributed by atoms with van der Waals surface area (Å²) in [4.78, 5) is 0. The minimum Gasteiger partial charge on any atom is -0.489 e. The fraction of sp³-hybridized carbons (Fsp3) is 0.364. The van der Waals surface area contributed by atoms with Crippen molar-refractivity contribution < 1.29 is 4.74 Å². The second-order valence-corrected chi connectivity index (χ2v) is 4.93. The Morgan fingerprint density at radius 3 is 3.12 bits per heavy atom. The summed E-state index contributed by atoms with van der Waals surface area (Å²) in [5.74, 6) is 1.87. The van der Waals surface area contributed by atoms with Gasteiger partial charge in [0.25, 0.3) is 0 Å². The van der Waals surface area contributed by atoms with Crippen LogP contribution in [-0.2, 0) is 13.5 Å². The van der Waals surface area contributed by atoms with Gasteiger partial charge in [0, 0.05) is 19.2 Å². The smallest absolute Gasteiger partial charge is 0.209 e. The normalized spacial score (nSPS) is 17.8. The van der Waals surface area contributed by atoms with Crippen molar-refractivity contribution in [3.8, 4) is 5.75 Å². The predicted molar refractivity (Wildman–Crippen MR) is 64.1 cm³/mol. The zero-order chi connectivity index (χ0) is 11.7. The molecule has 0 fully saturated rings. The number of tetrazole rings is 1. The van der Waals surface area contributed by atoms with Crippen LogP contribution in [0.3, 0.4) is 0 Å². The van der Waals surface area contributed by atoms with E-state index < -0.39 is 0 Å². The molecule has 1 atom stereocenters. The maximum atomic E-state index is 5.85. The number of benzene rings is 1. The van der Waals surface area contributed by atoms with E-state index in [2.05, 4.69) is 21.6 Å². The van der Waals surface area contributed by atoms with E-state index in [-0.39, 0.29) is 6.10 Å². The number of rotatable bonds is 3. The lowest BCUT2D eigenvalue weighted by Crippen LogP contribution is -2.16. The summed E-state index contributed by atoms with van der Waals surface area (Å²) in [6.07, 6.45) is 1.18. The van der Waals surface area contributed by atoms with E-state index >= 15 is 0 Å². The van der Waals surface area contributed by atoms with Crippen LogP contribution in [0.2, 0.25) is 0 Å². The van der Waals surface area contributed by atoms with Gasteiger partial charge in [0.15, 0.2) is 0 Å². The molecule has 17 heavy (non-hydrogen) atoms. The molecule has 0 amide bonds. The van der Waals surface area contributed by atoms with E-state index in [0.29, 0.717) is 0 Å². The fourth-order valence-electron chi connectivity index (χ4n) is 1.86. The van der Waals surface area contributed by atoms with Gasteiger partial charge in [-0.2, -0.15) is 0 Å². The first-order valence-electron chi connectivity index (χ1n) is 5.42. The molecule has 1 unspecified atom stereocenters. The van der Waals surface area contributed by atoms with E-state index in [1.165, 1.54) is 5.56 Å². The van der Waals surface area contributed by atoms with E-state index in [1.807, 2.05) is 25.2 Å². The molecule has 0 N–H and O–H groups in total. The van der Waals surface area contributed by atoms with Gasteiger partial charge in [-0.1, -0.05) is 30.0 Å². The van der Waals surface area contributed by atoms with Gasteiger partial charge in [0.05, 0.1) is 0 Å². The average Bonchev–Trinajstić information content (AvgIpc) is 2.92. The van der Waals surface area contributed by atoms with Crippen molar-refractivity contribution in [2.75, 3.05) is 5.75 Å². The summed E-state index contributed by atoms with van der Waals surface area (Å²) >= 11 is 1.62. The molecule has 0 saturated carbocycles. The number of nitrogens with zero attached hydrogens (tertiary/aromatic N) is 4. The summed E-state index contributed by atoms with van der Waals surface area (Å²) < 4.78 is 7.52. The van der Waals surface area contributed by atoms with E-state index in [0.717, 1.165) is 23.1 Å². The Kier molecular flexibility index (Phi) is 2.72. The second kappa shape index (κ2) is 4.37. The number of hydrogen-bond donors (Lipinski definition) is 0. The number of hydrogen-bond acceptors (Lipinski definition) is 5. The third-order valence-electron chi connectivity index (χ3n) is 2.69. The van der Waals surface area contributed by atoms with Gasteiger partial charge in [0.2, 0.25) is 5.16 Å². The molecule has 0 bridgehead atoms. The van der Waals surface area contributed by atoms with Crippen LogP contribution in [0.4, 0.5) is 0 Å². The van der Waals surface area contributed by atoms with Crippen LogP contribution in [0, 0.1) is 0 Å². The Labute approximate surface area is 103 Å². The molecule has 1 aromatic heterocycles. The molecule has 2 heterocycles. The number of aryl methyl sites for hydroxylation is 1. The highest BCUT2D eigenvalue weighted by molar-refractivity contribution is 7.99. The molecular weight excluding hydrogens is 236 g/mol. The molecule has 1 aliphatic heterocycles. The van der Waals surface area contributed by atoms with E-state index in [4.69, 9.17) is 4.74 Å². The molecule has 2 aromatic rings. The Morgan fingerprint density at radius 2 is 2.35 bits per heavy atom. The lowest BCUT2D eigenvalue weighted by Gasteiger charge is -2.08. The minimum atomic E-state index is 0.217. The van der Waals surface area contributed by atoms with Crippen LogP contribution >= 0.6 is 11.8 Å². The minimum absolute atomic E-state index is 0.217. The number of aromatic nitrogens is 4. The largest absolute Gasteiger partial charge is 0.489 e. The number of para-hydroxylation sites is 1. The second-order valence-electron chi connectivity index (χ2n) is 3.95. The molecule has 0 saturated heterocycles. The third kappa shape index (κ3) is 2.12. The van der Waals surface area contributed by atoms with Crippen molar-refractivity contribution in [3.63, 3.8) is 0 Å². The third-order valence-corrected chi connectivity index (χ3v) is 3.84. The zero-order valence-corrected chi connectivity index (χ0v) is 10.2. The van der Waals surface area contributed by atoms with Crippen molar-refractivity contribution in [2.45, 2.75) is 17.7 Å². The van der Waals surface area contributed by atoms with Crippen LogP contribution in [0.5, 0.6) is 5.75 Å². The molecule has 5 nitrogen and oxygen atoms in total. The maximum absolute atomic E-state index is 5.85. The highest BCUT2D eigenvalue weighted by Gasteiger charge is 2.22. The molecule has 0 spiro atoms. The first kappa shape index (κ1) is 10.6. The van der Waals surface area contributed by atoms with Crippen LogP contribution < -0.4 is 4.74 Å². The van der Waals surface area contributed by atoms with E-state index in [1.54, 1.807) is 16.4 Å².